The number of hydrogen-bond donors (Lipinski definition) is 1. The van der Waals surface area contributed by atoms with Gasteiger partial charge in [0.15, 0.2) is 5.75 Å². The SMILES string of the molecule is C=C(CNC(C)(C)C)COc1c(Cl)cc(Cl)cc1Cl. The molecule has 1 aromatic rings. The molecule has 0 heterocycles. The van der Waals surface area contributed by atoms with Crippen molar-refractivity contribution in [1.82, 2.24) is 5.32 Å². The topological polar surface area (TPSA) is 21.3 Å². The van der Waals surface area contributed by atoms with Gasteiger partial charge in [-0.2, -0.15) is 0 Å². The maximum absolute atomic E-state index is 6.03. The fourth-order valence-electron chi connectivity index (χ4n) is 1.28. The lowest BCUT2D eigenvalue weighted by molar-refractivity contribution is 0.342. The predicted octanol–water partition coefficient (Wildman–Crippen LogP) is 4.97. The fourth-order valence-corrected chi connectivity index (χ4v) is 2.21. The normalized spacial score (nSPS) is 11.5. The van der Waals surface area contributed by atoms with Crippen LogP contribution in [0.5, 0.6) is 5.75 Å². The second-order valence-corrected chi connectivity index (χ2v) is 6.59. The second kappa shape index (κ2) is 6.85. The van der Waals surface area contributed by atoms with Gasteiger partial charge in [0.25, 0.3) is 0 Å². The zero-order valence-corrected chi connectivity index (χ0v) is 13.6. The maximum Gasteiger partial charge on any atom is 0.157 e. The summed E-state index contributed by atoms with van der Waals surface area (Å²) in [6.07, 6.45) is 0. The van der Waals surface area contributed by atoms with Crippen LogP contribution >= 0.6 is 34.8 Å². The molecule has 0 bridgehead atoms. The first kappa shape index (κ1) is 16.6. The Morgan fingerprint density at radius 3 is 2.21 bits per heavy atom. The summed E-state index contributed by atoms with van der Waals surface area (Å²) in [5.74, 6) is 0.435. The molecule has 0 aliphatic rings. The quantitative estimate of drug-likeness (QED) is 0.773. The molecular weight excluding hydrogens is 305 g/mol. The van der Waals surface area contributed by atoms with Gasteiger partial charge in [0.1, 0.15) is 6.61 Å². The summed E-state index contributed by atoms with van der Waals surface area (Å²) in [7, 11) is 0. The first-order chi connectivity index (χ1) is 8.69. The van der Waals surface area contributed by atoms with Crippen molar-refractivity contribution in [2.45, 2.75) is 26.3 Å². The van der Waals surface area contributed by atoms with E-state index >= 15 is 0 Å². The van der Waals surface area contributed by atoms with Crippen LogP contribution in [0.25, 0.3) is 0 Å². The van der Waals surface area contributed by atoms with E-state index in [9.17, 15) is 0 Å². The molecule has 0 radical (unpaired) electrons. The van der Waals surface area contributed by atoms with E-state index in [1.807, 2.05) is 0 Å². The first-order valence-corrected chi connectivity index (χ1v) is 7.01. The van der Waals surface area contributed by atoms with Gasteiger partial charge >= 0.3 is 0 Å². The van der Waals surface area contributed by atoms with Crippen LogP contribution in [0.4, 0.5) is 0 Å². The highest BCUT2D eigenvalue weighted by atomic mass is 35.5. The molecule has 0 fully saturated rings. The molecule has 0 aromatic heterocycles. The van der Waals surface area contributed by atoms with Crippen LogP contribution in [0, 0.1) is 0 Å². The number of halogens is 3. The molecule has 0 spiro atoms. The molecule has 0 aliphatic heterocycles. The van der Waals surface area contributed by atoms with Crippen molar-refractivity contribution in [2.24, 2.45) is 0 Å². The third-order valence-electron chi connectivity index (χ3n) is 2.25. The molecule has 0 unspecified atom stereocenters. The van der Waals surface area contributed by atoms with E-state index in [0.717, 1.165) is 5.57 Å². The monoisotopic (exact) mass is 321 g/mol. The zero-order chi connectivity index (χ0) is 14.6. The fraction of sp³-hybridized carbons (Fsp3) is 0.429. The summed E-state index contributed by atoms with van der Waals surface area (Å²) in [5, 5.41) is 4.61. The smallest absolute Gasteiger partial charge is 0.157 e. The van der Waals surface area contributed by atoms with Gasteiger partial charge in [-0.05, 0) is 38.5 Å². The summed E-state index contributed by atoms with van der Waals surface area (Å²) in [5.41, 5.74) is 0.954. The molecule has 2 nitrogen and oxygen atoms in total. The van der Waals surface area contributed by atoms with Crippen molar-refractivity contribution in [2.75, 3.05) is 13.2 Å². The van der Waals surface area contributed by atoms with E-state index < -0.39 is 0 Å². The lowest BCUT2D eigenvalue weighted by Gasteiger charge is -2.21. The zero-order valence-electron chi connectivity index (χ0n) is 11.3. The minimum Gasteiger partial charge on any atom is -0.486 e. The molecular formula is C14H18Cl3NO. The van der Waals surface area contributed by atoms with E-state index in [4.69, 9.17) is 39.5 Å². The average Bonchev–Trinajstić information content (AvgIpc) is 2.23. The number of rotatable bonds is 5. The van der Waals surface area contributed by atoms with E-state index in [-0.39, 0.29) is 5.54 Å². The summed E-state index contributed by atoms with van der Waals surface area (Å²) in [4.78, 5) is 0. The Bertz CT molecular complexity index is 443. The lowest BCUT2D eigenvalue weighted by Crippen LogP contribution is -2.37. The number of ether oxygens (including phenoxy) is 1. The van der Waals surface area contributed by atoms with Gasteiger partial charge in [0.05, 0.1) is 10.0 Å². The summed E-state index contributed by atoms with van der Waals surface area (Å²) in [6.45, 7) is 11.2. The predicted molar refractivity (Wildman–Crippen MR) is 83.9 cm³/mol. The summed E-state index contributed by atoms with van der Waals surface area (Å²) >= 11 is 17.9. The van der Waals surface area contributed by atoms with E-state index in [1.54, 1.807) is 12.1 Å². The maximum atomic E-state index is 6.03. The van der Waals surface area contributed by atoms with Crippen LogP contribution in [0.3, 0.4) is 0 Å². The van der Waals surface area contributed by atoms with E-state index in [1.165, 1.54) is 0 Å². The van der Waals surface area contributed by atoms with Gasteiger partial charge in [-0.1, -0.05) is 41.4 Å². The highest BCUT2D eigenvalue weighted by Crippen LogP contribution is 2.35. The lowest BCUT2D eigenvalue weighted by atomic mass is 10.1. The van der Waals surface area contributed by atoms with Gasteiger partial charge in [-0.15, -0.1) is 0 Å². The third kappa shape index (κ3) is 6.05. The van der Waals surface area contributed by atoms with Crippen molar-refractivity contribution in [1.29, 1.82) is 0 Å². The molecule has 106 valence electrons. The van der Waals surface area contributed by atoms with Gasteiger partial charge in [-0.3, -0.25) is 0 Å². The molecule has 0 saturated heterocycles. The number of benzene rings is 1. The third-order valence-corrected chi connectivity index (χ3v) is 3.03. The number of hydrogen-bond acceptors (Lipinski definition) is 2. The Balaban J connectivity index is 2.56. The van der Waals surface area contributed by atoms with Gasteiger partial charge < -0.3 is 10.1 Å². The van der Waals surface area contributed by atoms with Crippen LogP contribution in [0.1, 0.15) is 20.8 Å². The Morgan fingerprint density at radius 1 is 1.21 bits per heavy atom. The van der Waals surface area contributed by atoms with Crippen molar-refractivity contribution in [3.05, 3.63) is 39.4 Å². The van der Waals surface area contributed by atoms with Crippen LogP contribution in [-0.2, 0) is 0 Å². The minimum atomic E-state index is 0.0402. The minimum absolute atomic E-state index is 0.0402. The van der Waals surface area contributed by atoms with Gasteiger partial charge in [0.2, 0.25) is 0 Å². The molecule has 1 N–H and O–H groups in total. The van der Waals surface area contributed by atoms with Gasteiger partial charge in [0, 0.05) is 17.1 Å². The van der Waals surface area contributed by atoms with Crippen LogP contribution < -0.4 is 10.1 Å². The Hall–Kier alpha value is -0.410. The largest absolute Gasteiger partial charge is 0.486 e. The van der Waals surface area contributed by atoms with Gasteiger partial charge in [-0.25, -0.2) is 0 Å². The highest BCUT2D eigenvalue weighted by Gasteiger charge is 2.11. The molecule has 0 aliphatic carbocycles. The molecule has 1 rings (SSSR count). The summed E-state index contributed by atoms with van der Waals surface area (Å²) < 4.78 is 5.59. The van der Waals surface area contributed by atoms with E-state index in [2.05, 4.69) is 32.7 Å². The van der Waals surface area contributed by atoms with Crippen LogP contribution in [0.2, 0.25) is 15.1 Å². The second-order valence-electron chi connectivity index (χ2n) is 5.34. The van der Waals surface area contributed by atoms with Crippen molar-refractivity contribution in [3.63, 3.8) is 0 Å². The Kier molecular flexibility index (Phi) is 6.00. The number of nitrogens with one attached hydrogen (secondary N) is 1. The molecule has 0 amide bonds. The average molecular weight is 323 g/mol. The van der Waals surface area contributed by atoms with Crippen molar-refractivity contribution >= 4 is 34.8 Å². The molecule has 19 heavy (non-hydrogen) atoms. The standard InChI is InChI=1S/C14H18Cl3NO/c1-9(7-18-14(2,3)4)8-19-13-11(16)5-10(15)6-12(13)17/h5-6,18H,1,7-8H2,2-4H3. The van der Waals surface area contributed by atoms with Crippen molar-refractivity contribution < 1.29 is 4.74 Å². The summed E-state index contributed by atoms with van der Waals surface area (Å²) in [6, 6.07) is 3.20. The molecule has 5 heteroatoms. The highest BCUT2D eigenvalue weighted by molar-refractivity contribution is 6.40. The Morgan fingerprint density at radius 2 is 1.74 bits per heavy atom. The first-order valence-electron chi connectivity index (χ1n) is 5.88. The Labute approximate surface area is 129 Å². The van der Waals surface area contributed by atoms with Crippen molar-refractivity contribution in [3.8, 4) is 5.75 Å². The molecule has 0 atom stereocenters. The van der Waals surface area contributed by atoms with E-state index in [0.29, 0.717) is 34.0 Å². The molecule has 0 saturated carbocycles. The molecule has 1 aromatic carbocycles. The van der Waals surface area contributed by atoms with Crippen LogP contribution in [0.15, 0.2) is 24.3 Å². The van der Waals surface area contributed by atoms with Crippen LogP contribution in [-0.4, -0.2) is 18.7 Å².